The van der Waals surface area contributed by atoms with Crippen molar-refractivity contribution in [1.82, 2.24) is 14.5 Å². The molecule has 1 aliphatic rings. The molecule has 0 spiro atoms. The van der Waals surface area contributed by atoms with Gasteiger partial charge >= 0.3 is 0 Å². The molecule has 0 N–H and O–H groups in total. The van der Waals surface area contributed by atoms with E-state index in [9.17, 15) is 9.18 Å². The number of aryl methyl sites for hydroxylation is 1. The van der Waals surface area contributed by atoms with Crippen LogP contribution in [0.4, 0.5) is 4.39 Å². The second-order valence-corrected chi connectivity index (χ2v) is 6.96. The highest BCUT2D eigenvalue weighted by atomic mass is 35.5. The lowest BCUT2D eigenvalue weighted by Gasteiger charge is -2.32. The summed E-state index contributed by atoms with van der Waals surface area (Å²) in [4.78, 5) is 18.8. The number of unbranched alkanes of at least 4 members (excludes halogenated alkanes) is 1. The van der Waals surface area contributed by atoms with Crippen LogP contribution in [-0.2, 0) is 6.54 Å². The van der Waals surface area contributed by atoms with Crippen LogP contribution in [0.2, 0.25) is 5.02 Å². The van der Waals surface area contributed by atoms with Gasteiger partial charge in [-0.2, -0.15) is 0 Å². The zero-order valence-corrected chi connectivity index (χ0v) is 15.2. The monoisotopic (exact) mass is 363 g/mol. The van der Waals surface area contributed by atoms with Crippen LogP contribution < -0.4 is 0 Å². The number of rotatable bonds is 5. The number of amides is 1. The van der Waals surface area contributed by atoms with Crippen molar-refractivity contribution in [3.05, 3.63) is 52.8 Å². The van der Waals surface area contributed by atoms with Gasteiger partial charge in [0.1, 0.15) is 11.6 Å². The second kappa shape index (κ2) is 8.00. The van der Waals surface area contributed by atoms with Crippen molar-refractivity contribution in [3.8, 4) is 0 Å². The van der Waals surface area contributed by atoms with E-state index in [4.69, 9.17) is 11.6 Å². The number of piperidine rings is 1. The van der Waals surface area contributed by atoms with E-state index in [0.717, 1.165) is 38.1 Å². The van der Waals surface area contributed by atoms with Gasteiger partial charge in [-0.05, 0) is 37.5 Å². The predicted octanol–water partition coefficient (Wildman–Crippen LogP) is 4.50. The van der Waals surface area contributed by atoms with Crippen LogP contribution in [0.1, 0.15) is 54.7 Å². The minimum absolute atomic E-state index is 0.0901. The standard InChI is InChI=1S/C19H23ClFN3O/c1-2-3-9-23-12-8-22-18(23)14-6-10-24(11-7-14)19(25)16-5-4-15(20)13-17(16)21/h4-5,8,12-14H,2-3,6-7,9-11H2,1H3. The van der Waals surface area contributed by atoms with Crippen LogP contribution in [0.15, 0.2) is 30.6 Å². The fourth-order valence-electron chi connectivity index (χ4n) is 3.37. The Bertz CT molecular complexity index is 738. The fraction of sp³-hybridized carbons (Fsp3) is 0.474. The first-order valence-corrected chi connectivity index (χ1v) is 9.23. The Hall–Kier alpha value is -1.88. The third kappa shape index (κ3) is 4.03. The lowest BCUT2D eigenvalue weighted by Crippen LogP contribution is -2.38. The summed E-state index contributed by atoms with van der Waals surface area (Å²) in [7, 11) is 0. The molecule has 1 amide bonds. The number of hydrogen-bond acceptors (Lipinski definition) is 2. The van der Waals surface area contributed by atoms with Crippen LogP contribution in [0, 0.1) is 5.82 Å². The summed E-state index contributed by atoms with van der Waals surface area (Å²) in [6, 6.07) is 4.20. The highest BCUT2D eigenvalue weighted by molar-refractivity contribution is 6.30. The van der Waals surface area contributed by atoms with E-state index in [1.807, 2.05) is 12.4 Å². The molecule has 0 atom stereocenters. The fourth-order valence-corrected chi connectivity index (χ4v) is 3.53. The van der Waals surface area contributed by atoms with Gasteiger partial charge in [0.2, 0.25) is 0 Å². The van der Waals surface area contributed by atoms with Crippen molar-refractivity contribution >= 4 is 17.5 Å². The average Bonchev–Trinajstić information content (AvgIpc) is 3.08. The highest BCUT2D eigenvalue weighted by Gasteiger charge is 2.28. The van der Waals surface area contributed by atoms with Gasteiger partial charge in [-0.25, -0.2) is 9.37 Å². The smallest absolute Gasteiger partial charge is 0.256 e. The van der Waals surface area contributed by atoms with E-state index in [0.29, 0.717) is 24.0 Å². The van der Waals surface area contributed by atoms with Gasteiger partial charge in [0.25, 0.3) is 5.91 Å². The van der Waals surface area contributed by atoms with Gasteiger partial charge in [-0.1, -0.05) is 24.9 Å². The molecule has 2 heterocycles. The number of nitrogens with zero attached hydrogens (tertiary/aromatic N) is 3. The number of likely N-dealkylation sites (tertiary alicyclic amines) is 1. The topological polar surface area (TPSA) is 38.1 Å². The number of aromatic nitrogens is 2. The number of benzene rings is 1. The molecular weight excluding hydrogens is 341 g/mol. The van der Waals surface area contributed by atoms with Gasteiger partial charge < -0.3 is 9.47 Å². The van der Waals surface area contributed by atoms with Crippen molar-refractivity contribution in [2.75, 3.05) is 13.1 Å². The molecule has 25 heavy (non-hydrogen) atoms. The van der Waals surface area contributed by atoms with Crippen molar-refractivity contribution in [2.45, 2.75) is 45.1 Å². The predicted molar refractivity (Wildman–Crippen MR) is 96.4 cm³/mol. The summed E-state index contributed by atoms with van der Waals surface area (Å²) >= 11 is 5.76. The van der Waals surface area contributed by atoms with Crippen molar-refractivity contribution < 1.29 is 9.18 Å². The van der Waals surface area contributed by atoms with Gasteiger partial charge in [-0.3, -0.25) is 4.79 Å². The average molecular weight is 364 g/mol. The van der Waals surface area contributed by atoms with Gasteiger partial charge in [-0.15, -0.1) is 0 Å². The zero-order chi connectivity index (χ0) is 17.8. The van der Waals surface area contributed by atoms with E-state index >= 15 is 0 Å². The maximum absolute atomic E-state index is 14.0. The molecule has 1 saturated heterocycles. The Labute approximate surface area is 152 Å². The van der Waals surface area contributed by atoms with Crippen molar-refractivity contribution in [2.24, 2.45) is 0 Å². The van der Waals surface area contributed by atoms with E-state index in [1.165, 1.54) is 12.1 Å². The molecular formula is C19H23ClFN3O. The van der Waals surface area contributed by atoms with Crippen LogP contribution >= 0.6 is 11.6 Å². The van der Waals surface area contributed by atoms with Crippen LogP contribution in [0.5, 0.6) is 0 Å². The molecule has 134 valence electrons. The van der Waals surface area contributed by atoms with E-state index in [2.05, 4.69) is 16.5 Å². The molecule has 1 aromatic carbocycles. The molecule has 1 fully saturated rings. The van der Waals surface area contributed by atoms with Crippen molar-refractivity contribution in [3.63, 3.8) is 0 Å². The normalized spacial score (nSPS) is 15.6. The highest BCUT2D eigenvalue weighted by Crippen LogP contribution is 2.28. The number of carbonyl (C=O) groups excluding carboxylic acids is 1. The Kier molecular flexibility index (Phi) is 5.74. The quantitative estimate of drug-likeness (QED) is 0.784. The second-order valence-electron chi connectivity index (χ2n) is 6.52. The summed E-state index contributed by atoms with van der Waals surface area (Å²) in [5.74, 6) is 0.640. The Morgan fingerprint density at radius 3 is 2.80 bits per heavy atom. The minimum Gasteiger partial charge on any atom is -0.339 e. The van der Waals surface area contributed by atoms with E-state index < -0.39 is 5.82 Å². The number of halogens is 2. The summed E-state index contributed by atoms with van der Waals surface area (Å²) in [6.45, 7) is 4.40. The molecule has 6 heteroatoms. The molecule has 0 radical (unpaired) electrons. The molecule has 2 aromatic rings. The van der Waals surface area contributed by atoms with Gasteiger partial charge in [0, 0.05) is 43.0 Å². The first kappa shape index (κ1) is 17.9. The van der Waals surface area contributed by atoms with Crippen LogP contribution in [0.3, 0.4) is 0 Å². The zero-order valence-electron chi connectivity index (χ0n) is 14.4. The molecule has 0 aliphatic carbocycles. The molecule has 1 aromatic heterocycles. The van der Waals surface area contributed by atoms with Crippen molar-refractivity contribution in [1.29, 1.82) is 0 Å². The molecule has 0 unspecified atom stereocenters. The molecule has 0 bridgehead atoms. The summed E-state index contributed by atoms with van der Waals surface area (Å²) in [5, 5.41) is 0.298. The number of carbonyl (C=O) groups is 1. The third-order valence-corrected chi connectivity index (χ3v) is 5.04. The summed E-state index contributed by atoms with van der Waals surface area (Å²) < 4.78 is 16.2. The van der Waals surface area contributed by atoms with Crippen LogP contribution in [0.25, 0.3) is 0 Å². The maximum atomic E-state index is 14.0. The first-order valence-electron chi connectivity index (χ1n) is 8.85. The molecule has 1 aliphatic heterocycles. The van der Waals surface area contributed by atoms with E-state index in [-0.39, 0.29) is 11.5 Å². The number of hydrogen-bond donors (Lipinski definition) is 0. The minimum atomic E-state index is -0.560. The molecule has 3 rings (SSSR count). The van der Waals surface area contributed by atoms with Crippen LogP contribution in [-0.4, -0.2) is 33.4 Å². The molecule has 4 nitrogen and oxygen atoms in total. The van der Waals surface area contributed by atoms with E-state index in [1.54, 1.807) is 11.0 Å². The Balaban J connectivity index is 1.64. The SMILES string of the molecule is CCCCn1ccnc1C1CCN(C(=O)c2ccc(Cl)cc2F)CC1. The largest absolute Gasteiger partial charge is 0.339 e. The third-order valence-electron chi connectivity index (χ3n) is 4.81. The lowest BCUT2D eigenvalue weighted by molar-refractivity contribution is 0.0705. The maximum Gasteiger partial charge on any atom is 0.256 e. The first-order chi connectivity index (χ1) is 12.1. The molecule has 0 saturated carbocycles. The number of imidazole rings is 1. The Morgan fingerprint density at radius 2 is 2.12 bits per heavy atom. The summed E-state index contributed by atoms with van der Waals surface area (Å²) in [6.07, 6.45) is 7.87. The Morgan fingerprint density at radius 1 is 1.36 bits per heavy atom. The van der Waals surface area contributed by atoms with Gasteiger partial charge in [0.15, 0.2) is 0 Å². The lowest BCUT2D eigenvalue weighted by atomic mass is 9.95. The summed E-state index contributed by atoms with van der Waals surface area (Å²) in [5.41, 5.74) is 0.0901. The van der Waals surface area contributed by atoms with Gasteiger partial charge in [0.05, 0.1) is 5.56 Å².